The molecule has 0 bridgehead atoms. The van der Waals surface area contributed by atoms with Gasteiger partial charge >= 0.3 is 0 Å². The van der Waals surface area contributed by atoms with Crippen LogP contribution in [0.25, 0.3) is 0 Å². The summed E-state index contributed by atoms with van der Waals surface area (Å²) in [7, 11) is 1.44. The lowest BCUT2D eigenvalue weighted by Crippen LogP contribution is -2.52. The first kappa shape index (κ1) is 17.9. The van der Waals surface area contributed by atoms with Crippen molar-refractivity contribution in [1.82, 2.24) is 4.90 Å². The number of halogens is 1. The van der Waals surface area contributed by atoms with Crippen LogP contribution in [0.2, 0.25) is 0 Å². The van der Waals surface area contributed by atoms with Gasteiger partial charge in [0, 0.05) is 0 Å². The maximum atomic E-state index is 13.9. The van der Waals surface area contributed by atoms with Crippen LogP contribution in [0.1, 0.15) is 52.2 Å². The Labute approximate surface area is 127 Å². The second kappa shape index (κ2) is 7.76. The van der Waals surface area contributed by atoms with Crippen LogP contribution in [0.4, 0.5) is 4.39 Å². The zero-order valence-electron chi connectivity index (χ0n) is 13.8. The third-order valence-electron chi connectivity index (χ3n) is 4.62. The molecule has 0 saturated carbocycles. The van der Waals surface area contributed by atoms with Gasteiger partial charge in [-0.05, 0) is 43.6 Å². The molecule has 0 aliphatic heterocycles. The molecule has 0 aliphatic carbocycles. The van der Waals surface area contributed by atoms with Gasteiger partial charge in [-0.15, -0.1) is 0 Å². The van der Waals surface area contributed by atoms with Crippen molar-refractivity contribution in [2.45, 2.75) is 52.2 Å². The normalized spacial score (nSPS) is 13.5. The number of methoxy groups -OCH3 is 1. The fourth-order valence-electron chi connectivity index (χ4n) is 3.27. The lowest BCUT2D eigenvalue weighted by molar-refractivity contribution is -0.0367. The van der Waals surface area contributed by atoms with Crippen molar-refractivity contribution < 1.29 is 14.2 Å². The summed E-state index contributed by atoms with van der Waals surface area (Å²) in [4.78, 5) is 2.26. The SMILES string of the molecule is CCN(CC)C(CC)(CC)C(O)c1ccc(OC)c(F)c1. The van der Waals surface area contributed by atoms with Crippen molar-refractivity contribution in [2.24, 2.45) is 0 Å². The van der Waals surface area contributed by atoms with Crippen molar-refractivity contribution in [1.29, 1.82) is 0 Å². The van der Waals surface area contributed by atoms with Crippen molar-refractivity contribution >= 4 is 0 Å². The predicted molar refractivity (Wildman–Crippen MR) is 84.1 cm³/mol. The lowest BCUT2D eigenvalue weighted by Gasteiger charge is -2.46. The van der Waals surface area contributed by atoms with Gasteiger partial charge in [0.2, 0.25) is 0 Å². The zero-order valence-corrected chi connectivity index (χ0v) is 13.8. The Morgan fingerprint density at radius 1 is 1.19 bits per heavy atom. The van der Waals surface area contributed by atoms with E-state index in [4.69, 9.17) is 4.74 Å². The second-order valence-corrected chi connectivity index (χ2v) is 5.28. The maximum absolute atomic E-state index is 13.9. The summed E-state index contributed by atoms with van der Waals surface area (Å²) in [6.45, 7) is 10.0. The molecule has 1 rings (SSSR count). The molecule has 1 N–H and O–H groups in total. The first-order chi connectivity index (χ1) is 10.00. The standard InChI is InChI=1S/C17H28FNO2/c1-6-17(7-2,19(8-3)9-4)16(20)13-10-11-15(21-5)14(18)12-13/h10-12,16,20H,6-9H2,1-5H3. The van der Waals surface area contributed by atoms with Gasteiger partial charge in [-0.25, -0.2) is 4.39 Å². The third-order valence-corrected chi connectivity index (χ3v) is 4.62. The van der Waals surface area contributed by atoms with Crippen LogP contribution < -0.4 is 4.74 Å². The molecule has 3 nitrogen and oxygen atoms in total. The lowest BCUT2D eigenvalue weighted by atomic mass is 9.81. The molecule has 4 heteroatoms. The molecule has 0 radical (unpaired) electrons. The van der Waals surface area contributed by atoms with Gasteiger partial charge in [0.25, 0.3) is 0 Å². The molecular formula is C17H28FNO2. The number of hydrogen-bond acceptors (Lipinski definition) is 3. The highest BCUT2D eigenvalue weighted by molar-refractivity contribution is 5.32. The number of aliphatic hydroxyl groups is 1. The number of rotatable bonds is 8. The highest BCUT2D eigenvalue weighted by Gasteiger charge is 2.40. The van der Waals surface area contributed by atoms with Crippen LogP contribution >= 0.6 is 0 Å². The van der Waals surface area contributed by atoms with Crippen molar-refractivity contribution in [3.05, 3.63) is 29.6 Å². The average Bonchev–Trinajstić information content (AvgIpc) is 2.52. The molecule has 0 saturated heterocycles. The van der Waals surface area contributed by atoms with E-state index in [0.717, 1.165) is 25.9 Å². The highest BCUT2D eigenvalue weighted by Crippen LogP contribution is 2.38. The summed E-state index contributed by atoms with van der Waals surface area (Å²) in [6, 6.07) is 4.70. The van der Waals surface area contributed by atoms with Gasteiger partial charge in [-0.3, -0.25) is 4.90 Å². The van der Waals surface area contributed by atoms with E-state index in [-0.39, 0.29) is 11.3 Å². The molecule has 120 valence electrons. The Morgan fingerprint density at radius 2 is 1.76 bits per heavy atom. The van der Waals surface area contributed by atoms with Crippen LogP contribution in [-0.2, 0) is 0 Å². The van der Waals surface area contributed by atoms with E-state index in [1.165, 1.54) is 13.2 Å². The van der Waals surface area contributed by atoms with E-state index in [9.17, 15) is 9.50 Å². The van der Waals surface area contributed by atoms with Gasteiger partial charge in [-0.2, -0.15) is 0 Å². The molecule has 1 aromatic carbocycles. The van der Waals surface area contributed by atoms with E-state index in [1.54, 1.807) is 12.1 Å². The minimum atomic E-state index is -0.729. The monoisotopic (exact) mass is 297 g/mol. The number of nitrogens with zero attached hydrogens (tertiary/aromatic N) is 1. The highest BCUT2D eigenvalue weighted by atomic mass is 19.1. The van der Waals surface area contributed by atoms with E-state index in [2.05, 4.69) is 32.6 Å². The molecular weight excluding hydrogens is 269 g/mol. The first-order valence-electron chi connectivity index (χ1n) is 7.77. The van der Waals surface area contributed by atoms with Crippen molar-refractivity contribution in [2.75, 3.05) is 20.2 Å². The molecule has 0 amide bonds. The number of hydrogen-bond donors (Lipinski definition) is 1. The van der Waals surface area contributed by atoms with Crippen LogP contribution in [0, 0.1) is 5.82 Å². The fourth-order valence-corrected chi connectivity index (χ4v) is 3.27. The van der Waals surface area contributed by atoms with Gasteiger partial charge in [0.05, 0.1) is 18.8 Å². The smallest absolute Gasteiger partial charge is 0.165 e. The number of aliphatic hydroxyl groups excluding tert-OH is 1. The Balaban J connectivity index is 3.22. The molecule has 1 unspecified atom stereocenters. The molecule has 0 aromatic heterocycles. The van der Waals surface area contributed by atoms with Gasteiger partial charge < -0.3 is 9.84 Å². The van der Waals surface area contributed by atoms with Crippen molar-refractivity contribution in [3.8, 4) is 5.75 Å². The van der Waals surface area contributed by atoms with Crippen LogP contribution in [0.5, 0.6) is 5.75 Å². The average molecular weight is 297 g/mol. The fraction of sp³-hybridized carbons (Fsp3) is 0.647. The van der Waals surface area contributed by atoms with Crippen LogP contribution in [-0.4, -0.2) is 35.7 Å². The Hall–Kier alpha value is -1.13. The molecule has 0 heterocycles. The van der Waals surface area contributed by atoms with Gasteiger partial charge in [0.1, 0.15) is 0 Å². The van der Waals surface area contributed by atoms with Gasteiger partial charge in [0.15, 0.2) is 11.6 Å². The van der Waals surface area contributed by atoms with Crippen LogP contribution in [0.3, 0.4) is 0 Å². The Morgan fingerprint density at radius 3 is 2.14 bits per heavy atom. The summed E-state index contributed by atoms with van der Waals surface area (Å²) >= 11 is 0. The zero-order chi connectivity index (χ0) is 16.0. The minimum Gasteiger partial charge on any atom is -0.494 e. The summed E-state index contributed by atoms with van der Waals surface area (Å²) in [5.41, 5.74) is 0.230. The number of benzene rings is 1. The molecule has 0 aliphatic rings. The van der Waals surface area contributed by atoms with Gasteiger partial charge in [-0.1, -0.05) is 33.8 Å². The molecule has 21 heavy (non-hydrogen) atoms. The largest absolute Gasteiger partial charge is 0.494 e. The summed E-state index contributed by atoms with van der Waals surface area (Å²) in [5, 5.41) is 10.9. The minimum absolute atomic E-state index is 0.201. The van der Waals surface area contributed by atoms with E-state index in [0.29, 0.717) is 5.56 Å². The Kier molecular flexibility index (Phi) is 6.62. The molecule has 0 spiro atoms. The second-order valence-electron chi connectivity index (χ2n) is 5.28. The maximum Gasteiger partial charge on any atom is 0.165 e. The molecule has 0 fully saturated rings. The van der Waals surface area contributed by atoms with E-state index < -0.39 is 11.9 Å². The first-order valence-corrected chi connectivity index (χ1v) is 7.77. The van der Waals surface area contributed by atoms with E-state index in [1.807, 2.05) is 0 Å². The van der Waals surface area contributed by atoms with Crippen molar-refractivity contribution in [3.63, 3.8) is 0 Å². The topological polar surface area (TPSA) is 32.7 Å². The summed E-state index contributed by atoms with van der Waals surface area (Å²) in [6.07, 6.45) is 0.882. The number of likely N-dealkylation sites (N-methyl/N-ethyl adjacent to an activating group) is 1. The van der Waals surface area contributed by atoms with Crippen LogP contribution in [0.15, 0.2) is 18.2 Å². The molecule has 1 atom stereocenters. The molecule has 1 aromatic rings. The summed E-state index contributed by atoms with van der Waals surface area (Å²) in [5.74, 6) is -0.234. The van der Waals surface area contributed by atoms with E-state index >= 15 is 0 Å². The number of ether oxygens (including phenoxy) is 1. The summed E-state index contributed by atoms with van der Waals surface area (Å²) < 4.78 is 18.9. The Bertz CT molecular complexity index is 442. The third kappa shape index (κ3) is 3.38. The quantitative estimate of drug-likeness (QED) is 0.793. The predicted octanol–water partition coefficient (Wildman–Crippen LogP) is 3.77.